The van der Waals surface area contributed by atoms with Crippen LogP contribution in [0.5, 0.6) is 0 Å². The maximum Gasteiger partial charge on any atom is 0.341 e. The smallest absolute Gasteiger partial charge is 0.341 e. The number of benzene rings is 1. The minimum atomic E-state index is -0.420. The monoisotopic (exact) mass is 363 g/mol. The molecule has 24 heavy (non-hydrogen) atoms. The molecule has 1 aliphatic rings. The molecule has 1 aromatic carbocycles. The number of aliphatic imine (C=N–C) groups is 1. The Morgan fingerprint density at radius 3 is 2.67 bits per heavy atom. The summed E-state index contributed by atoms with van der Waals surface area (Å²) in [6, 6.07) is 7.73. The maximum absolute atomic E-state index is 12.0. The fourth-order valence-electron chi connectivity index (χ4n) is 2.10. The first-order valence-corrected chi connectivity index (χ1v) is 9.18. The second-order valence-corrected chi connectivity index (χ2v) is 7.97. The van der Waals surface area contributed by atoms with Gasteiger partial charge in [-0.2, -0.15) is 0 Å². The number of ether oxygens (including phenoxy) is 2. The van der Waals surface area contributed by atoms with Crippen LogP contribution in [-0.2, 0) is 20.0 Å². The van der Waals surface area contributed by atoms with Crippen LogP contribution in [0.2, 0.25) is 0 Å². The maximum atomic E-state index is 12.0. The zero-order valence-corrected chi connectivity index (χ0v) is 15.9. The van der Waals surface area contributed by atoms with E-state index in [4.69, 9.17) is 14.5 Å². The first-order valence-electron chi connectivity index (χ1n) is 7.38. The average molecular weight is 364 g/mol. The Hall–Kier alpha value is -1.66. The third-order valence-electron chi connectivity index (χ3n) is 3.56. The summed E-state index contributed by atoms with van der Waals surface area (Å²) in [5, 5.41) is 0. The molecule has 0 spiro atoms. The summed E-state index contributed by atoms with van der Waals surface area (Å²) < 4.78 is 10.9. The highest BCUT2D eigenvalue weighted by Gasteiger charge is 2.30. The van der Waals surface area contributed by atoms with Gasteiger partial charge in [-0.15, -0.1) is 0 Å². The van der Waals surface area contributed by atoms with Gasteiger partial charge in [0.05, 0.1) is 26.0 Å². The van der Waals surface area contributed by atoms with Crippen molar-refractivity contribution in [1.29, 1.82) is 0 Å². The van der Waals surface area contributed by atoms with Crippen molar-refractivity contribution in [3.05, 3.63) is 53.1 Å². The largest absolute Gasteiger partial charge is 0.503 e. The Labute approximate surface area is 151 Å². The Kier molecular flexibility index (Phi) is 6.18. The van der Waals surface area contributed by atoms with Crippen LogP contribution in [0.3, 0.4) is 0 Å². The summed E-state index contributed by atoms with van der Waals surface area (Å²) in [5.74, 6) is 0.278. The first kappa shape index (κ1) is 18.7. The fraction of sp³-hybridized carbons (Fsp3) is 0.333. The standard InChI is InChI=1S/C18H21NO3S2/c1-12-18(2,3)19-17(24-12)23-11-13-8-6-7-9-14(13)15(10-21-4)16(20)22-5/h6-10H,1,11H2,2-5H3/b15-10+. The summed E-state index contributed by atoms with van der Waals surface area (Å²) in [6.07, 6.45) is 1.42. The molecule has 1 heterocycles. The van der Waals surface area contributed by atoms with Crippen LogP contribution in [0.25, 0.3) is 5.57 Å². The Balaban J connectivity index is 2.22. The molecular weight excluding hydrogens is 342 g/mol. The van der Waals surface area contributed by atoms with Crippen LogP contribution in [0.15, 0.2) is 47.0 Å². The van der Waals surface area contributed by atoms with Crippen molar-refractivity contribution in [3.63, 3.8) is 0 Å². The molecule has 0 aliphatic carbocycles. The van der Waals surface area contributed by atoms with Crippen molar-refractivity contribution >= 4 is 39.4 Å². The number of methoxy groups -OCH3 is 2. The van der Waals surface area contributed by atoms with E-state index in [1.165, 1.54) is 20.5 Å². The van der Waals surface area contributed by atoms with Crippen molar-refractivity contribution in [3.8, 4) is 0 Å². The molecule has 0 fully saturated rings. The molecule has 0 saturated carbocycles. The van der Waals surface area contributed by atoms with Gasteiger partial charge in [0.1, 0.15) is 9.95 Å². The molecule has 6 heteroatoms. The molecule has 0 aromatic heterocycles. The molecule has 2 rings (SSSR count). The van der Waals surface area contributed by atoms with Gasteiger partial charge in [0.25, 0.3) is 0 Å². The molecule has 0 atom stereocenters. The molecule has 0 bridgehead atoms. The predicted molar refractivity (Wildman–Crippen MR) is 103 cm³/mol. The normalized spacial score (nSPS) is 16.8. The van der Waals surface area contributed by atoms with E-state index in [1.807, 2.05) is 24.3 Å². The first-order chi connectivity index (χ1) is 11.4. The lowest BCUT2D eigenvalue weighted by molar-refractivity contribution is -0.133. The van der Waals surface area contributed by atoms with E-state index in [0.29, 0.717) is 11.3 Å². The van der Waals surface area contributed by atoms with E-state index in [2.05, 4.69) is 20.4 Å². The molecule has 0 radical (unpaired) electrons. The zero-order valence-electron chi connectivity index (χ0n) is 14.3. The van der Waals surface area contributed by atoms with Crippen LogP contribution < -0.4 is 0 Å². The third-order valence-corrected chi connectivity index (χ3v) is 5.97. The highest BCUT2D eigenvalue weighted by Crippen LogP contribution is 2.42. The zero-order chi connectivity index (χ0) is 17.7. The lowest BCUT2D eigenvalue weighted by Gasteiger charge is -2.12. The number of esters is 1. The van der Waals surface area contributed by atoms with E-state index in [-0.39, 0.29) is 5.54 Å². The second kappa shape index (κ2) is 7.94. The molecular formula is C18H21NO3S2. The lowest BCUT2D eigenvalue weighted by Crippen LogP contribution is -2.12. The number of carbonyl (C=O) groups is 1. The van der Waals surface area contributed by atoms with Gasteiger partial charge in [-0.05, 0) is 25.0 Å². The van der Waals surface area contributed by atoms with Crippen molar-refractivity contribution in [2.75, 3.05) is 14.2 Å². The SMILES string of the molecule is C=C1SC(SCc2ccccc2/C(=C\OC)C(=O)OC)=NC1(C)C. The van der Waals surface area contributed by atoms with Gasteiger partial charge >= 0.3 is 5.97 Å². The summed E-state index contributed by atoms with van der Waals surface area (Å²) in [7, 11) is 2.87. The van der Waals surface area contributed by atoms with Crippen molar-refractivity contribution in [1.82, 2.24) is 0 Å². The quantitative estimate of drug-likeness (QED) is 0.439. The van der Waals surface area contributed by atoms with E-state index >= 15 is 0 Å². The number of rotatable bonds is 5. The van der Waals surface area contributed by atoms with Crippen LogP contribution in [0, 0.1) is 0 Å². The Bertz CT molecular complexity index is 708. The second-order valence-electron chi connectivity index (χ2n) is 5.67. The number of thioether (sulfide) groups is 2. The van der Waals surface area contributed by atoms with E-state index in [0.717, 1.165) is 20.4 Å². The van der Waals surface area contributed by atoms with Gasteiger partial charge < -0.3 is 9.47 Å². The molecule has 0 saturated heterocycles. The minimum Gasteiger partial charge on any atom is -0.503 e. The van der Waals surface area contributed by atoms with E-state index in [9.17, 15) is 4.79 Å². The van der Waals surface area contributed by atoms with Crippen LogP contribution in [-0.4, -0.2) is 30.1 Å². The van der Waals surface area contributed by atoms with Gasteiger partial charge in [0.15, 0.2) is 0 Å². The summed E-state index contributed by atoms with van der Waals surface area (Å²) >= 11 is 3.26. The molecule has 1 aliphatic heterocycles. The van der Waals surface area contributed by atoms with Crippen LogP contribution >= 0.6 is 23.5 Å². The molecule has 1 aromatic rings. The highest BCUT2D eigenvalue weighted by atomic mass is 32.2. The van der Waals surface area contributed by atoms with Gasteiger partial charge in [-0.3, -0.25) is 4.99 Å². The Morgan fingerprint density at radius 2 is 2.08 bits per heavy atom. The van der Waals surface area contributed by atoms with Gasteiger partial charge in [-0.1, -0.05) is 54.4 Å². The van der Waals surface area contributed by atoms with E-state index < -0.39 is 5.97 Å². The number of carbonyl (C=O) groups excluding carboxylic acids is 1. The molecule has 128 valence electrons. The Morgan fingerprint density at radius 1 is 1.38 bits per heavy atom. The molecule has 4 nitrogen and oxygen atoms in total. The lowest BCUT2D eigenvalue weighted by atomic mass is 10.0. The average Bonchev–Trinajstić information content (AvgIpc) is 2.83. The van der Waals surface area contributed by atoms with Gasteiger partial charge in [0, 0.05) is 10.7 Å². The van der Waals surface area contributed by atoms with Gasteiger partial charge in [-0.25, -0.2) is 4.79 Å². The summed E-state index contributed by atoms with van der Waals surface area (Å²) in [4.78, 5) is 17.8. The minimum absolute atomic E-state index is 0.223. The van der Waals surface area contributed by atoms with Crippen molar-refractivity contribution in [2.45, 2.75) is 25.1 Å². The number of hydrogen-bond acceptors (Lipinski definition) is 6. The number of hydrogen-bond donors (Lipinski definition) is 0. The van der Waals surface area contributed by atoms with Crippen molar-refractivity contribution in [2.24, 2.45) is 4.99 Å². The summed E-state index contributed by atoms with van der Waals surface area (Å²) in [6.45, 7) is 8.18. The topological polar surface area (TPSA) is 47.9 Å². The van der Waals surface area contributed by atoms with Crippen molar-refractivity contribution < 1.29 is 14.3 Å². The van der Waals surface area contributed by atoms with E-state index in [1.54, 1.807) is 23.5 Å². The molecule has 0 N–H and O–H groups in total. The summed E-state index contributed by atoms with van der Waals surface area (Å²) in [5.41, 5.74) is 2.01. The van der Waals surface area contributed by atoms with Gasteiger partial charge in [0.2, 0.25) is 0 Å². The van der Waals surface area contributed by atoms with Crippen LogP contribution in [0.4, 0.5) is 0 Å². The predicted octanol–water partition coefficient (Wildman–Crippen LogP) is 4.48. The number of nitrogens with zero attached hydrogens (tertiary/aromatic N) is 1. The van der Waals surface area contributed by atoms with Crippen LogP contribution in [0.1, 0.15) is 25.0 Å². The fourth-order valence-corrected chi connectivity index (χ4v) is 4.42. The molecule has 0 amide bonds. The highest BCUT2D eigenvalue weighted by molar-refractivity contribution is 8.40. The molecule has 0 unspecified atom stereocenters. The third kappa shape index (κ3) is 4.24.